The van der Waals surface area contributed by atoms with Gasteiger partial charge in [-0.2, -0.15) is 0 Å². The maximum Gasteiger partial charge on any atom is 0.312 e. The minimum Gasteiger partial charge on any atom is -0.435 e. The van der Waals surface area contributed by atoms with Crippen molar-refractivity contribution >= 4 is 5.97 Å². The molecule has 0 N–H and O–H groups in total. The van der Waals surface area contributed by atoms with E-state index in [4.69, 9.17) is 9.47 Å². The van der Waals surface area contributed by atoms with Crippen molar-refractivity contribution in [2.75, 3.05) is 0 Å². The number of rotatable bonds is 3. The Hall–Kier alpha value is -0.570. The Labute approximate surface area is 91.1 Å². The molecule has 4 atom stereocenters. The molecule has 1 heterocycles. The predicted molar refractivity (Wildman–Crippen MR) is 56.0 cm³/mol. The molecule has 0 aromatic rings. The molecule has 2 aliphatic rings. The third-order valence-electron chi connectivity index (χ3n) is 3.98. The van der Waals surface area contributed by atoms with E-state index in [9.17, 15) is 4.79 Å². The minimum atomic E-state index is -0.310. The fraction of sp³-hybridized carbons (Fsp3) is 0.917. The normalized spacial score (nSPS) is 38.8. The SMILES string of the molecule is CC(C)[C@H](C)O[C@@H]1OC(=O)C2C1C2(C)C. The van der Waals surface area contributed by atoms with Crippen LogP contribution in [0.2, 0.25) is 0 Å². The van der Waals surface area contributed by atoms with Crippen LogP contribution in [0.1, 0.15) is 34.6 Å². The number of ether oxygens (including phenoxy) is 2. The highest BCUT2D eigenvalue weighted by Gasteiger charge is 2.72. The summed E-state index contributed by atoms with van der Waals surface area (Å²) in [4.78, 5) is 11.5. The van der Waals surface area contributed by atoms with E-state index in [0.29, 0.717) is 5.92 Å². The summed E-state index contributed by atoms with van der Waals surface area (Å²) in [6.45, 7) is 10.5. The molecule has 0 amide bonds. The van der Waals surface area contributed by atoms with E-state index in [1.54, 1.807) is 0 Å². The molecule has 1 saturated carbocycles. The van der Waals surface area contributed by atoms with Crippen LogP contribution >= 0.6 is 0 Å². The molecule has 1 aliphatic carbocycles. The Balaban J connectivity index is 1.99. The van der Waals surface area contributed by atoms with Crippen molar-refractivity contribution in [1.29, 1.82) is 0 Å². The molecule has 0 aromatic heterocycles. The second-order valence-electron chi connectivity index (χ2n) is 5.72. The van der Waals surface area contributed by atoms with Gasteiger partial charge in [0.2, 0.25) is 6.29 Å². The van der Waals surface area contributed by atoms with E-state index in [1.807, 2.05) is 6.92 Å². The number of fused-ring (bicyclic) bond motifs is 1. The largest absolute Gasteiger partial charge is 0.435 e. The van der Waals surface area contributed by atoms with E-state index in [0.717, 1.165) is 0 Å². The van der Waals surface area contributed by atoms with E-state index in [2.05, 4.69) is 27.7 Å². The molecule has 15 heavy (non-hydrogen) atoms. The fourth-order valence-electron chi connectivity index (χ4n) is 2.38. The topological polar surface area (TPSA) is 35.5 Å². The molecule has 0 spiro atoms. The highest BCUT2D eigenvalue weighted by molar-refractivity contribution is 5.80. The van der Waals surface area contributed by atoms with Gasteiger partial charge in [-0.25, -0.2) is 0 Å². The van der Waals surface area contributed by atoms with Crippen LogP contribution < -0.4 is 0 Å². The van der Waals surface area contributed by atoms with Crippen molar-refractivity contribution < 1.29 is 14.3 Å². The van der Waals surface area contributed by atoms with Gasteiger partial charge in [0.05, 0.1) is 12.0 Å². The molecule has 1 aliphatic heterocycles. The van der Waals surface area contributed by atoms with Crippen LogP contribution in [0.4, 0.5) is 0 Å². The summed E-state index contributed by atoms with van der Waals surface area (Å²) in [6.07, 6.45) is -0.173. The van der Waals surface area contributed by atoms with E-state index in [1.165, 1.54) is 0 Å². The van der Waals surface area contributed by atoms with E-state index in [-0.39, 0.29) is 35.6 Å². The van der Waals surface area contributed by atoms with Gasteiger partial charge in [0.1, 0.15) is 0 Å². The van der Waals surface area contributed by atoms with Crippen LogP contribution in [0.5, 0.6) is 0 Å². The lowest BCUT2D eigenvalue weighted by Crippen LogP contribution is -2.29. The monoisotopic (exact) mass is 212 g/mol. The van der Waals surface area contributed by atoms with Crippen molar-refractivity contribution in [3.63, 3.8) is 0 Å². The summed E-state index contributed by atoms with van der Waals surface area (Å²) in [5, 5.41) is 0. The molecular formula is C12H20O3. The highest BCUT2D eigenvalue weighted by atomic mass is 16.7. The molecule has 2 rings (SSSR count). The zero-order valence-electron chi connectivity index (χ0n) is 10.1. The van der Waals surface area contributed by atoms with Gasteiger partial charge in [0.25, 0.3) is 0 Å². The van der Waals surface area contributed by atoms with Gasteiger partial charge in [-0.3, -0.25) is 4.79 Å². The summed E-state index contributed by atoms with van der Waals surface area (Å²) < 4.78 is 11.0. The van der Waals surface area contributed by atoms with Gasteiger partial charge in [0.15, 0.2) is 0 Å². The lowest BCUT2D eigenvalue weighted by atomic mass is 10.1. The zero-order chi connectivity index (χ0) is 11.4. The first-order chi connectivity index (χ1) is 6.85. The fourth-order valence-corrected chi connectivity index (χ4v) is 2.38. The maximum absolute atomic E-state index is 11.5. The van der Waals surface area contributed by atoms with Crippen molar-refractivity contribution in [1.82, 2.24) is 0 Å². The number of hydrogen-bond acceptors (Lipinski definition) is 3. The maximum atomic E-state index is 11.5. The Kier molecular flexibility index (Phi) is 2.34. The Morgan fingerprint density at radius 3 is 2.33 bits per heavy atom. The van der Waals surface area contributed by atoms with Gasteiger partial charge in [-0.05, 0) is 18.3 Å². The molecule has 3 nitrogen and oxygen atoms in total. The molecule has 2 unspecified atom stereocenters. The zero-order valence-corrected chi connectivity index (χ0v) is 10.1. The number of hydrogen-bond donors (Lipinski definition) is 0. The number of esters is 1. The molecular weight excluding hydrogens is 192 g/mol. The van der Waals surface area contributed by atoms with Gasteiger partial charge in [0, 0.05) is 5.92 Å². The molecule has 0 bridgehead atoms. The summed E-state index contributed by atoms with van der Waals surface area (Å²) in [6, 6.07) is 0. The molecule has 0 radical (unpaired) electrons. The van der Waals surface area contributed by atoms with Gasteiger partial charge in [-0.15, -0.1) is 0 Å². The summed E-state index contributed by atoms with van der Waals surface area (Å²) in [5.41, 5.74) is 0.0801. The first-order valence-corrected chi connectivity index (χ1v) is 5.71. The summed E-state index contributed by atoms with van der Waals surface area (Å²) in [5.74, 6) is 0.712. The van der Waals surface area contributed by atoms with Crippen molar-refractivity contribution in [2.45, 2.75) is 47.0 Å². The third-order valence-corrected chi connectivity index (χ3v) is 3.98. The Morgan fingerprint density at radius 1 is 1.33 bits per heavy atom. The summed E-state index contributed by atoms with van der Waals surface area (Å²) in [7, 11) is 0. The summed E-state index contributed by atoms with van der Waals surface area (Å²) >= 11 is 0. The van der Waals surface area contributed by atoms with Crippen LogP contribution in [0.25, 0.3) is 0 Å². The average molecular weight is 212 g/mol. The smallest absolute Gasteiger partial charge is 0.312 e. The lowest BCUT2D eigenvalue weighted by Gasteiger charge is -2.24. The lowest BCUT2D eigenvalue weighted by molar-refractivity contribution is -0.189. The Morgan fingerprint density at radius 2 is 1.93 bits per heavy atom. The first-order valence-electron chi connectivity index (χ1n) is 5.71. The molecule has 3 heteroatoms. The van der Waals surface area contributed by atoms with Crippen LogP contribution in [-0.4, -0.2) is 18.4 Å². The van der Waals surface area contributed by atoms with E-state index < -0.39 is 0 Å². The minimum absolute atomic E-state index is 0.0712. The second kappa shape index (κ2) is 3.21. The van der Waals surface area contributed by atoms with Crippen LogP contribution in [0.15, 0.2) is 0 Å². The van der Waals surface area contributed by atoms with Crippen molar-refractivity contribution in [2.24, 2.45) is 23.2 Å². The van der Waals surface area contributed by atoms with E-state index >= 15 is 0 Å². The number of carbonyl (C=O) groups excluding carboxylic acids is 1. The predicted octanol–water partition coefficient (Wildman–Crippen LogP) is 2.20. The quantitative estimate of drug-likeness (QED) is 0.673. The standard InChI is InChI=1S/C12H20O3/c1-6(2)7(3)14-11-9-8(10(13)15-11)12(9,4)5/h6-9,11H,1-5H3/t7-,8?,9?,11+/m0/s1. The Bertz CT molecular complexity index is 283. The first kappa shape index (κ1) is 10.9. The van der Waals surface area contributed by atoms with Crippen molar-refractivity contribution in [3.05, 3.63) is 0 Å². The van der Waals surface area contributed by atoms with Gasteiger partial charge >= 0.3 is 5.97 Å². The second-order valence-corrected chi connectivity index (χ2v) is 5.72. The molecule has 86 valence electrons. The van der Waals surface area contributed by atoms with Gasteiger partial charge < -0.3 is 9.47 Å². The average Bonchev–Trinajstić information content (AvgIpc) is 2.47. The molecule has 1 saturated heterocycles. The third kappa shape index (κ3) is 1.57. The van der Waals surface area contributed by atoms with Crippen LogP contribution in [0, 0.1) is 23.2 Å². The van der Waals surface area contributed by atoms with Crippen LogP contribution in [-0.2, 0) is 14.3 Å². The number of carbonyl (C=O) groups is 1. The van der Waals surface area contributed by atoms with Crippen molar-refractivity contribution in [3.8, 4) is 0 Å². The number of cyclic esters (lactones) is 1. The molecule has 2 fully saturated rings. The van der Waals surface area contributed by atoms with Gasteiger partial charge in [-0.1, -0.05) is 27.7 Å². The highest BCUT2D eigenvalue weighted by Crippen LogP contribution is 2.64. The molecule has 0 aromatic carbocycles. The van der Waals surface area contributed by atoms with Crippen LogP contribution in [0.3, 0.4) is 0 Å².